The highest BCUT2D eigenvalue weighted by Gasteiger charge is 2.19. The summed E-state index contributed by atoms with van der Waals surface area (Å²) >= 11 is 1.63. The van der Waals surface area contributed by atoms with Crippen LogP contribution < -0.4 is 0 Å². The molecule has 2 aromatic heterocycles. The smallest absolute Gasteiger partial charge is 0.246 e. The molecule has 146 valence electrons. The lowest BCUT2D eigenvalue weighted by Gasteiger charge is -2.21. The van der Waals surface area contributed by atoms with E-state index in [9.17, 15) is 4.79 Å². The second-order valence-electron chi connectivity index (χ2n) is 6.94. The predicted octanol–water partition coefficient (Wildman–Crippen LogP) is 4.77. The minimum atomic E-state index is -0.0923. The molecule has 29 heavy (non-hydrogen) atoms. The Kier molecular flexibility index (Phi) is 5.53. The number of carbonyl (C=O) groups excluding carboxylic acids is 1. The fraction of sp³-hybridized carbons (Fsp3) is 0.174. The minimum absolute atomic E-state index is 0.0624. The largest absolute Gasteiger partial charge is 0.333 e. The van der Waals surface area contributed by atoms with E-state index in [-0.39, 0.29) is 11.9 Å². The van der Waals surface area contributed by atoms with Gasteiger partial charge in [0.1, 0.15) is 5.01 Å². The Labute approximate surface area is 173 Å². The lowest BCUT2D eigenvalue weighted by molar-refractivity contribution is -0.126. The van der Waals surface area contributed by atoms with Gasteiger partial charge in [-0.25, -0.2) is 4.98 Å². The number of aromatic nitrogens is 3. The highest BCUT2D eigenvalue weighted by Crippen LogP contribution is 2.28. The van der Waals surface area contributed by atoms with Gasteiger partial charge in [0.05, 0.1) is 29.0 Å². The van der Waals surface area contributed by atoms with Gasteiger partial charge in [0.2, 0.25) is 5.91 Å². The number of nitrogens with zero attached hydrogens (tertiary/aromatic N) is 4. The number of likely N-dealkylation sites (N-methyl/N-ethyl adjacent to an activating group) is 1. The van der Waals surface area contributed by atoms with Crippen LogP contribution >= 0.6 is 11.3 Å². The molecule has 0 radical (unpaired) electrons. The lowest BCUT2D eigenvalue weighted by Crippen LogP contribution is -2.27. The van der Waals surface area contributed by atoms with Crippen LogP contribution in [0.25, 0.3) is 16.3 Å². The molecule has 0 aliphatic carbocycles. The maximum atomic E-state index is 12.6. The lowest BCUT2D eigenvalue weighted by atomic mass is 10.2. The van der Waals surface area contributed by atoms with Crippen molar-refractivity contribution in [2.75, 3.05) is 7.05 Å². The Morgan fingerprint density at radius 2 is 1.93 bits per heavy atom. The fourth-order valence-corrected chi connectivity index (χ4v) is 4.10. The molecule has 1 amide bonds. The van der Waals surface area contributed by atoms with Crippen molar-refractivity contribution in [2.24, 2.45) is 0 Å². The summed E-state index contributed by atoms with van der Waals surface area (Å²) in [5.74, 6) is -0.0624. The average molecular weight is 403 g/mol. The molecule has 0 N–H and O–H groups in total. The van der Waals surface area contributed by atoms with Crippen LogP contribution in [0.15, 0.2) is 73.1 Å². The topological polar surface area (TPSA) is 51.0 Å². The zero-order valence-electron chi connectivity index (χ0n) is 16.4. The molecule has 1 atom stereocenters. The van der Waals surface area contributed by atoms with Crippen LogP contribution in [0.5, 0.6) is 0 Å². The molecular weight excluding hydrogens is 380 g/mol. The first-order valence-corrected chi connectivity index (χ1v) is 10.3. The first kappa shape index (κ1) is 19.1. The molecule has 2 heterocycles. The molecular formula is C23H22N4OS. The van der Waals surface area contributed by atoms with E-state index in [0.717, 1.165) is 20.8 Å². The first-order chi connectivity index (χ1) is 14.1. The summed E-state index contributed by atoms with van der Waals surface area (Å²) < 4.78 is 3.00. The van der Waals surface area contributed by atoms with Gasteiger partial charge in [-0.1, -0.05) is 42.5 Å². The zero-order valence-corrected chi connectivity index (χ0v) is 17.2. The number of hydrogen-bond acceptors (Lipinski definition) is 4. The summed E-state index contributed by atoms with van der Waals surface area (Å²) in [6, 6.07) is 18.1. The van der Waals surface area contributed by atoms with Gasteiger partial charge in [-0.15, -0.1) is 11.3 Å². The van der Waals surface area contributed by atoms with E-state index in [4.69, 9.17) is 0 Å². The van der Waals surface area contributed by atoms with Crippen LogP contribution in [0.4, 0.5) is 0 Å². The molecule has 0 aliphatic heterocycles. The summed E-state index contributed by atoms with van der Waals surface area (Å²) in [7, 11) is 1.81. The number of fused-ring (bicyclic) bond motifs is 1. The molecule has 5 nitrogen and oxygen atoms in total. The third kappa shape index (κ3) is 4.43. The number of hydrogen-bond donors (Lipinski definition) is 0. The summed E-state index contributed by atoms with van der Waals surface area (Å²) in [4.78, 5) is 19.0. The Balaban J connectivity index is 1.41. The normalized spacial score (nSPS) is 12.5. The number of rotatable bonds is 6. The second kappa shape index (κ2) is 8.41. The van der Waals surface area contributed by atoms with Gasteiger partial charge < -0.3 is 4.90 Å². The van der Waals surface area contributed by atoms with E-state index in [1.807, 2.05) is 61.2 Å². The number of benzene rings is 2. The number of amides is 1. The first-order valence-electron chi connectivity index (χ1n) is 9.47. The van der Waals surface area contributed by atoms with Gasteiger partial charge in [0.15, 0.2) is 0 Å². The molecule has 0 saturated heterocycles. The molecule has 4 aromatic rings. The van der Waals surface area contributed by atoms with Crippen LogP contribution in [0.2, 0.25) is 0 Å². The molecule has 0 bridgehead atoms. The Bertz CT molecular complexity index is 1110. The van der Waals surface area contributed by atoms with Gasteiger partial charge >= 0.3 is 0 Å². The third-order valence-corrected chi connectivity index (χ3v) is 6.06. The van der Waals surface area contributed by atoms with Crippen LogP contribution in [-0.2, 0) is 11.3 Å². The maximum Gasteiger partial charge on any atom is 0.246 e. The molecule has 0 aliphatic rings. The Hall–Kier alpha value is -3.25. The fourth-order valence-electron chi connectivity index (χ4n) is 3.03. The van der Waals surface area contributed by atoms with Crippen molar-refractivity contribution in [2.45, 2.75) is 19.5 Å². The highest BCUT2D eigenvalue weighted by atomic mass is 32.1. The van der Waals surface area contributed by atoms with Crippen LogP contribution in [0.1, 0.15) is 29.1 Å². The van der Waals surface area contributed by atoms with Gasteiger partial charge in [-0.05, 0) is 30.7 Å². The Morgan fingerprint density at radius 1 is 1.17 bits per heavy atom. The van der Waals surface area contributed by atoms with Crippen LogP contribution in [0.3, 0.4) is 0 Å². The summed E-state index contributed by atoms with van der Waals surface area (Å²) in [5.41, 5.74) is 3.06. The van der Waals surface area contributed by atoms with Crippen molar-refractivity contribution >= 4 is 33.5 Å². The summed E-state index contributed by atoms with van der Waals surface area (Å²) in [6.07, 6.45) is 7.10. The van der Waals surface area contributed by atoms with Crippen LogP contribution in [-0.4, -0.2) is 32.6 Å². The number of carbonyl (C=O) groups is 1. The van der Waals surface area contributed by atoms with Gasteiger partial charge in [0.25, 0.3) is 0 Å². The average Bonchev–Trinajstić information content (AvgIpc) is 3.38. The zero-order chi connectivity index (χ0) is 20.2. The standard InChI is InChI=1S/C23H22N4OS/c1-17(23-25-20-10-6-7-11-21(20)29-23)26(2)22(28)13-12-19-14-24-27(16-19)15-18-8-4-3-5-9-18/h3-14,16-17H,15H2,1-2H3/b13-12+/t17-/m0/s1. The minimum Gasteiger partial charge on any atom is -0.333 e. The van der Waals surface area contributed by atoms with E-state index in [1.54, 1.807) is 34.6 Å². The van der Waals surface area contributed by atoms with Crippen molar-refractivity contribution < 1.29 is 4.79 Å². The second-order valence-corrected chi connectivity index (χ2v) is 8.00. The monoisotopic (exact) mass is 402 g/mol. The molecule has 0 unspecified atom stereocenters. The quantitative estimate of drug-likeness (QED) is 0.436. The van der Waals surface area contributed by atoms with E-state index < -0.39 is 0 Å². The van der Waals surface area contributed by atoms with E-state index in [0.29, 0.717) is 6.54 Å². The van der Waals surface area contributed by atoms with Crippen molar-refractivity contribution in [3.8, 4) is 0 Å². The Morgan fingerprint density at radius 3 is 2.72 bits per heavy atom. The van der Waals surface area contributed by atoms with E-state index >= 15 is 0 Å². The number of para-hydroxylation sites is 1. The summed E-state index contributed by atoms with van der Waals surface area (Å²) in [5, 5.41) is 5.31. The van der Waals surface area contributed by atoms with E-state index in [2.05, 4.69) is 28.3 Å². The molecule has 4 rings (SSSR count). The molecule has 0 fully saturated rings. The SMILES string of the molecule is C[C@@H](c1nc2ccccc2s1)N(C)C(=O)/C=C/c1cnn(Cc2ccccc2)c1. The predicted molar refractivity (Wildman–Crippen MR) is 118 cm³/mol. The van der Waals surface area contributed by atoms with Gasteiger partial charge in [-0.2, -0.15) is 5.10 Å². The van der Waals surface area contributed by atoms with Crippen molar-refractivity contribution in [3.05, 3.63) is 89.2 Å². The number of thiazole rings is 1. The summed E-state index contributed by atoms with van der Waals surface area (Å²) in [6.45, 7) is 2.71. The van der Waals surface area contributed by atoms with Crippen molar-refractivity contribution in [1.29, 1.82) is 0 Å². The van der Waals surface area contributed by atoms with Crippen molar-refractivity contribution in [3.63, 3.8) is 0 Å². The highest BCUT2D eigenvalue weighted by molar-refractivity contribution is 7.18. The maximum absolute atomic E-state index is 12.6. The molecule has 0 spiro atoms. The molecule has 2 aromatic carbocycles. The van der Waals surface area contributed by atoms with Crippen LogP contribution in [0, 0.1) is 0 Å². The van der Waals surface area contributed by atoms with Gasteiger partial charge in [0, 0.05) is 24.9 Å². The molecule has 6 heteroatoms. The van der Waals surface area contributed by atoms with Gasteiger partial charge in [-0.3, -0.25) is 9.48 Å². The van der Waals surface area contributed by atoms with Crippen molar-refractivity contribution in [1.82, 2.24) is 19.7 Å². The molecule has 0 saturated carbocycles. The third-order valence-electron chi connectivity index (χ3n) is 4.86. The van der Waals surface area contributed by atoms with E-state index in [1.165, 1.54) is 5.56 Å².